The topological polar surface area (TPSA) is 0 Å². The fraction of sp³-hybridized carbons (Fsp3) is 0.222. The van der Waals surface area contributed by atoms with E-state index in [0.717, 1.165) is 19.3 Å². The lowest BCUT2D eigenvalue weighted by molar-refractivity contribution is 0.452. The Morgan fingerprint density at radius 2 is 1.00 bits per heavy atom. The maximum Gasteiger partial charge on any atom is 0.0103 e. The first-order valence-electron chi connectivity index (χ1n) is 13.3. The number of hydrogen-bond acceptors (Lipinski definition) is 0. The van der Waals surface area contributed by atoms with Crippen LogP contribution in [0, 0.1) is 19.3 Å². The van der Waals surface area contributed by atoms with Gasteiger partial charge in [0.1, 0.15) is 0 Å². The van der Waals surface area contributed by atoms with Crippen molar-refractivity contribution in [2.45, 2.75) is 47.0 Å². The molecule has 0 aromatic heterocycles. The minimum Gasteiger partial charge on any atom is -0.0642 e. The Hall–Kier alpha value is -3.64. The van der Waals surface area contributed by atoms with Gasteiger partial charge in [0.25, 0.3) is 0 Å². The second-order valence-electron chi connectivity index (χ2n) is 10.9. The van der Waals surface area contributed by atoms with Gasteiger partial charge in [-0.15, -0.1) is 0 Å². The van der Waals surface area contributed by atoms with Gasteiger partial charge in [-0.25, -0.2) is 0 Å². The maximum atomic E-state index is 2.51. The lowest BCUT2D eigenvalue weighted by Gasteiger charge is -2.32. The molecule has 0 atom stereocenters. The van der Waals surface area contributed by atoms with E-state index in [1.165, 1.54) is 55.6 Å². The second kappa shape index (κ2) is 8.79. The molecule has 0 spiro atoms. The van der Waals surface area contributed by atoms with Gasteiger partial charge in [0, 0.05) is 5.41 Å². The Kier molecular flexibility index (Phi) is 5.56. The summed E-state index contributed by atoms with van der Waals surface area (Å²) in [6.45, 7) is 9.14. The Balaban J connectivity index is 1.39. The van der Waals surface area contributed by atoms with Gasteiger partial charge in [-0.3, -0.25) is 0 Å². The quantitative estimate of drug-likeness (QED) is 0.275. The molecule has 0 heteroatoms. The maximum absolute atomic E-state index is 2.51. The summed E-state index contributed by atoms with van der Waals surface area (Å²) in [7, 11) is 0. The van der Waals surface area contributed by atoms with Crippen LogP contribution in [0.2, 0.25) is 0 Å². The molecular weight excluding hydrogens is 432 g/mol. The zero-order chi connectivity index (χ0) is 24.9. The molecule has 2 aliphatic carbocycles. The van der Waals surface area contributed by atoms with Gasteiger partial charge in [0.15, 0.2) is 0 Å². The van der Waals surface area contributed by atoms with Crippen LogP contribution >= 0.6 is 0 Å². The molecule has 178 valence electrons. The molecule has 0 amide bonds. The van der Waals surface area contributed by atoms with Crippen LogP contribution < -0.4 is 0 Å². The summed E-state index contributed by atoms with van der Waals surface area (Å²) in [5.41, 5.74) is 16.8. The lowest BCUT2D eigenvalue weighted by Crippen LogP contribution is -2.21. The van der Waals surface area contributed by atoms with E-state index in [1.54, 1.807) is 11.1 Å². The number of hydrogen-bond donors (Lipinski definition) is 0. The van der Waals surface area contributed by atoms with E-state index in [1.807, 2.05) is 0 Å². The summed E-state index contributed by atoms with van der Waals surface area (Å²) >= 11 is 0. The molecular formula is C36H34. The third-order valence-electron chi connectivity index (χ3n) is 8.64. The zero-order valence-electron chi connectivity index (χ0n) is 21.9. The lowest BCUT2D eigenvalue weighted by atomic mass is 9.72. The van der Waals surface area contributed by atoms with Crippen molar-refractivity contribution in [1.29, 1.82) is 0 Å². The van der Waals surface area contributed by atoms with E-state index in [4.69, 9.17) is 0 Å². The SMILES string of the molecule is CCC(C)(C1=Cc2c(cccc2-c2ccc(C)cc2)C1)C1=Cc2c(cccc2-c2ccc(C)cc2)C1. The first kappa shape index (κ1) is 22.8. The van der Waals surface area contributed by atoms with E-state index in [9.17, 15) is 0 Å². The molecule has 0 nitrogen and oxygen atoms in total. The van der Waals surface area contributed by atoms with E-state index < -0.39 is 0 Å². The molecule has 0 fully saturated rings. The molecule has 0 radical (unpaired) electrons. The Morgan fingerprint density at radius 1 is 0.583 bits per heavy atom. The van der Waals surface area contributed by atoms with Crippen molar-refractivity contribution < 1.29 is 0 Å². The first-order chi connectivity index (χ1) is 17.5. The summed E-state index contributed by atoms with van der Waals surface area (Å²) < 4.78 is 0. The molecule has 0 unspecified atom stereocenters. The fourth-order valence-electron chi connectivity index (χ4n) is 6.07. The van der Waals surface area contributed by atoms with Crippen LogP contribution in [-0.4, -0.2) is 0 Å². The molecule has 0 aliphatic heterocycles. The third kappa shape index (κ3) is 3.77. The summed E-state index contributed by atoms with van der Waals surface area (Å²) in [4.78, 5) is 0. The van der Waals surface area contributed by atoms with Crippen LogP contribution in [0.1, 0.15) is 53.6 Å². The average Bonchev–Trinajstić information content (AvgIpc) is 3.54. The molecule has 2 aliphatic rings. The largest absolute Gasteiger partial charge is 0.0642 e. The molecule has 0 N–H and O–H groups in total. The van der Waals surface area contributed by atoms with Gasteiger partial charge in [0.05, 0.1) is 0 Å². The van der Waals surface area contributed by atoms with Gasteiger partial charge in [-0.2, -0.15) is 0 Å². The van der Waals surface area contributed by atoms with Crippen molar-refractivity contribution in [2.75, 3.05) is 0 Å². The van der Waals surface area contributed by atoms with Crippen molar-refractivity contribution in [2.24, 2.45) is 5.41 Å². The molecule has 4 aromatic rings. The van der Waals surface area contributed by atoms with Gasteiger partial charge >= 0.3 is 0 Å². The van der Waals surface area contributed by atoms with Crippen molar-refractivity contribution in [3.8, 4) is 22.3 Å². The molecule has 0 heterocycles. The minimum atomic E-state index is 0.0487. The molecule has 4 aromatic carbocycles. The van der Waals surface area contributed by atoms with Crippen molar-refractivity contribution in [3.05, 3.63) is 129 Å². The number of allylic oxidation sites excluding steroid dienone is 2. The summed E-state index contributed by atoms with van der Waals surface area (Å²) in [6.07, 6.45) is 8.21. The number of rotatable bonds is 5. The van der Waals surface area contributed by atoms with Gasteiger partial charge < -0.3 is 0 Å². The van der Waals surface area contributed by atoms with Gasteiger partial charge in [-0.05, 0) is 77.6 Å². The highest BCUT2D eigenvalue weighted by Crippen LogP contribution is 2.50. The van der Waals surface area contributed by atoms with Gasteiger partial charge in [0.2, 0.25) is 0 Å². The Labute approximate surface area is 216 Å². The van der Waals surface area contributed by atoms with E-state index >= 15 is 0 Å². The average molecular weight is 467 g/mol. The number of aryl methyl sites for hydroxylation is 2. The molecule has 0 bridgehead atoms. The Bertz CT molecular complexity index is 1390. The Morgan fingerprint density at radius 3 is 1.39 bits per heavy atom. The molecule has 6 rings (SSSR count). The highest BCUT2D eigenvalue weighted by atomic mass is 14.4. The second-order valence-corrected chi connectivity index (χ2v) is 10.9. The molecule has 0 saturated carbocycles. The van der Waals surface area contributed by atoms with E-state index in [0.29, 0.717) is 0 Å². The highest BCUT2D eigenvalue weighted by Gasteiger charge is 2.36. The number of fused-ring (bicyclic) bond motifs is 2. The molecule has 0 saturated heterocycles. The van der Waals surface area contributed by atoms with Crippen LogP contribution in [0.3, 0.4) is 0 Å². The highest BCUT2D eigenvalue weighted by molar-refractivity contribution is 5.84. The zero-order valence-corrected chi connectivity index (χ0v) is 21.9. The third-order valence-corrected chi connectivity index (χ3v) is 8.64. The van der Waals surface area contributed by atoms with Crippen molar-refractivity contribution in [3.63, 3.8) is 0 Å². The van der Waals surface area contributed by atoms with Crippen LogP contribution in [0.15, 0.2) is 96.1 Å². The van der Waals surface area contributed by atoms with Crippen LogP contribution in [0.4, 0.5) is 0 Å². The van der Waals surface area contributed by atoms with Gasteiger partial charge in [-0.1, -0.05) is 133 Å². The molecule has 36 heavy (non-hydrogen) atoms. The summed E-state index contributed by atoms with van der Waals surface area (Å²) in [5.74, 6) is 0. The standard InChI is InChI=1S/C36H34/c1-5-36(4,30-20-28-8-6-10-32(34(28)22-30)26-16-12-24(2)13-17-26)31-21-29-9-7-11-33(35(29)23-31)27-18-14-25(3)15-19-27/h6-19,22-23H,5,20-21H2,1-4H3. The van der Waals surface area contributed by atoms with Crippen LogP contribution in [-0.2, 0) is 12.8 Å². The normalized spacial score (nSPS) is 14.3. The van der Waals surface area contributed by atoms with Crippen LogP contribution in [0.5, 0.6) is 0 Å². The van der Waals surface area contributed by atoms with Crippen molar-refractivity contribution in [1.82, 2.24) is 0 Å². The van der Waals surface area contributed by atoms with E-state index in [-0.39, 0.29) is 5.41 Å². The van der Waals surface area contributed by atoms with E-state index in [2.05, 4.69) is 125 Å². The monoisotopic (exact) mass is 466 g/mol. The number of benzene rings is 4. The van der Waals surface area contributed by atoms with Crippen molar-refractivity contribution >= 4 is 12.2 Å². The minimum absolute atomic E-state index is 0.0487. The predicted octanol–water partition coefficient (Wildman–Crippen LogP) is 9.63. The predicted molar refractivity (Wildman–Crippen MR) is 155 cm³/mol. The summed E-state index contributed by atoms with van der Waals surface area (Å²) in [5, 5.41) is 0. The smallest absolute Gasteiger partial charge is 0.0103 e. The first-order valence-corrected chi connectivity index (χ1v) is 13.3. The fourth-order valence-corrected chi connectivity index (χ4v) is 6.07. The van der Waals surface area contributed by atoms with Crippen LogP contribution in [0.25, 0.3) is 34.4 Å². The summed E-state index contributed by atoms with van der Waals surface area (Å²) in [6, 6.07) is 31.6.